The second-order valence-corrected chi connectivity index (χ2v) is 17.2. The Kier molecular flexibility index (Phi) is 5.72. The fourth-order valence-corrected chi connectivity index (χ4v) is 7.75. The van der Waals surface area contributed by atoms with E-state index in [1.54, 1.807) is 16.8 Å². The maximum absolute atomic E-state index is 13.4. The minimum atomic E-state index is -3.69. The Morgan fingerprint density at radius 2 is 1.63 bits per heavy atom. The predicted molar refractivity (Wildman–Crippen MR) is 111 cm³/mol. The molecule has 0 unspecified atom stereocenters. The molecule has 0 amide bonds. The number of sulfone groups is 1. The standard InChI is InChI=1S/C19H23N3O2SSeSi/c1-15-10-12-16(13-11-15)25(23,24)19-18(26-17-8-6-5-7-9-17)20-21-22(19)14-27(2,3)4/h5-13H,14H2,1-4H3. The molecule has 0 aliphatic rings. The summed E-state index contributed by atoms with van der Waals surface area (Å²) >= 11 is -0.230. The summed E-state index contributed by atoms with van der Waals surface area (Å²) in [4.78, 5) is 0.289. The fraction of sp³-hybridized carbons (Fsp3) is 0.263. The predicted octanol–water partition coefficient (Wildman–Crippen LogP) is 1.95. The molecule has 8 heteroatoms. The Balaban J connectivity index is 2.12. The molecule has 0 aliphatic heterocycles. The second kappa shape index (κ2) is 7.71. The van der Waals surface area contributed by atoms with Gasteiger partial charge in [0.25, 0.3) is 0 Å². The van der Waals surface area contributed by atoms with Crippen molar-refractivity contribution in [1.29, 1.82) is 0 Å². The van der Waals surface area contributed by atoms with Gasteiger partial charge in [-0.3, -0.25) is 0 Å². The first kappa shape index (κ1) is 20.0. The summed E-state index contributed by atoms with van der Waals surface area (Å²) in [5.74, 6) is 0. The first-order valence-electron chi connectivity index (χ1n) is 8.65. The quantitative estimate of drug-likeness (QED) is 0.523. The van der Waals surface area contributed by atoms with Crippen LogP contribution in [0, 0.1) is 6.92 Å². The van der Waals surface area contributed by atoms with Gasteiger partial charge in [0, 0.05) is 0 Å². The number of aryl methyl sites for hydroxylation is 1. The summed E-state index contributed by atoms with van der Waals surface area (Å²) in [7, 11) is -5.28. The van der Waals surface area contributed by atoms with Gasteiger partial charge in [-0.05, 0) is 0 Å². The zero-order valence-corrected chi connectivity index (χ0v) is 19.4. The number of hydrogen-bond acceptors (Lipinski definition) is 4. The Labute approximate surface area is 167 Å². The van der Waals surface area contributed by atoms with E-state index in [1.165, 1.54) is 0 Å². The van der Waals surface area contributed by atoms with Gasteiger partial charge in [-0.2, -0.15) is 0 Å². The van der Waals surface area contributed by atoms with Crippen molar-refractivity contribution in [2.75, 3.05) is 0 Å². The van der Waals surface area contributed by atoms with E-state index in [0.29, 0.717) is 10.8 Å². The molecule has 1 aromatic heterocycles. The van der Waals surface area contributed by atoms with E-state index in [0.717, 1.165) is 10.0 Å². The Bertz CT molecular complexity index is 1030. The van der Waals surface area contributed by atoms with Crippen LogP contribution in [0.15, 0.2) is 64.5 Å². The normalized spacial score (nSPS) is 12.3. The third kappa shape index (κ3) is 4.76. The number of hydrogen-bond donors (Lipinski definition) is 0. The monoisotopic (exact) mass is 465 g/mol. The molecule has 3 rings (SSSR count). The van der Waals surface area contributed by atoms with Gasteiger partial charge < -0.3 is 0 Å². The molecule has 0 spiro atoms. The van der Waals surface area contributed by atoms with Crippen LogP contribution in [0.2, 0.25) is 19.6 Å². The van der Waals surface area contributed by atoms with E-state index >= 15 is 0 Å². The van der Waals surface area contributed by atoms with E-state index < -0.39 is 17.9 Å². The first-order chi connectivity index (χ1) is 12.7. The third-order valence-corrected chi connectivity index (χ3v) is 9.22. The van der Waals surface area contributed by atoms with Crippen LogP contribution in [0.1, 0.15) is 5.56 Å². The molecule has 0 aliphatic carbocycles. The van der Waals surface area contributed by atoms with Gasteiger partial charge in [0.05, 0.1) is 0 Å². The molecular weight excluding hydrogens is 441 g/mol. The van der Waals surface area contributed by atoms with Gasteiger partial charge in [0.15, 0.2) is 0 Å². The van der Waals surface area contributed by atoms with Crippen molar-refractivity contribution in [3.8, 4) is 0 Å². The summed E-state index contributed by atoms with van der Waals surface area (Å²) < 4.78 is 30.1. The molecule has 27 heavy (non-hydrogen) atoms. The summed E-state index contributed by atoms with van der Waals surface area (Å²) in [5, 5.41) is 8.78. The summed E-state index contributed by atoms with van der Waals surface area (Å²) in [5.41, 5.74) is 1.02. The topological polar surface area (TPSA) is 64.8 Å². The van der Waals surface area contributed by atoms with Crippen LogP contribution < -0.4 is 9.05 Å². The van der Waals surface area contributed by atoms with E-state index in [-0.39, 0.29) is 24.9 Å². The van der Waals surface area contributed by atoms with Crippen LogP contribution in [0.5, 0.6) is 0 Å². The van der Waals surface area contributed by atoms with Crippen molar-refractivity contribution in [2.24, 2.45) is 0 Å². The summed E-state index contributed by atoms with van der Waals surface area (Å²) in [6.45, 7) is 8.52. The van der Waals surface area contributed by atoms with Gasteiger partial charge in [-0.25, -0.2) is 0 Å². The van der Waals surface area contributed by atoms with Crippen LogP contribution in [-0.2, 0) is 16.0 Å². The molecule has 142 valence electrons. The fourth-order valence-electron chi connectivity index (χ4n) is 2.59. The van der Waals surface area contributed by atoms with Gasteiger partial charge in [0.1, 0.15) is 0 Å². The van der Waals surface area contributed by atoms with Gasteiger partial charge in [-0.1, -0.05) is 0 Å². The SMILES string of the molecule is Cc1ccc(S(=O)(=O)c2c([Se]c3ccccc3)nnn2C[Si](C)(C)C)cc1. The van der Waals surface area contributed by atoms with E-state index in [1.807, 2.05) is 49.4 Å². The Morgan fingerprint density at radius 1 is 1.00 bits per heavy atom. The molecule has 0 bridgehead atoms. The zero-order valence-electron chi connectivity index (χ0n) is 15.9. The number of benzene rings is 2. The Hall–Kier alpha value is -1.73. The number of rotatable bonds is 6. The average Bonchev–Trinajstić information content (AvgIpc) is 2.97. The molecule has 3 aromatic rings. The van der Waals surface area contributed by atoms with Gasteiger partial charge in [0.2, 0.25) is 0 Å². The molecule has 0 saturated heterocycles. The van der Waals surface area contributed by atoms with Crippen molar-refractivity contribution >= 4 is 41.9 Å². The van der Waals surface area contributed by atoms with E-state index in [9.17, 15) is 8.42 Å². The van der Waals surface area contributed by atoms with Crippen LogP contribution in [-0.4, -0.2) is 46.4 Å². The molecule has 1 heterocycles. The van der Waals surface area contributed by atoms with E-state index in [2.05, 4.69) is 30.0 Å². The van der Waals surface area contributed by atoms with Crippen molar-refractivity contribution in [3.63, 3.8) is 0 Å². The van der Waals surface area contributed by atoms with Crippen molar-refractivity contribution < 1.29 is 8.42 Å². The molecule has 0 radical (unpaired) electrons. The Morgan fingerprint density at radius 3 is 2.22 bits per heavy atom. The second-order valence-electron chi connectivity index (χ2n) is 7.65. The zero-order chi connectivity index (χ0) is 19.7. The third-order valence-electron chi connectivity index (χ3n) is 3.83. The van der Waals surface area contributed by atoms with Crippen LogP contribution in [0.3, 0.4) is 0 Å². The van der Waals surface area contributed by atoms with Crippen LogP contribution >= 0.6 is 0 Å². The molecule has 0 atom stereocenters. The molecular formula is C19H23N3O2SSeSi. The van der Waals surface area contributed by atoms with Crippen molar-refractivity contribution in [2.45, 2.75) is 42.7 Å². The number of nitrogens with zero attached hydrogens (tertiary/aromatic N) is 3. The van der Waals surface area contributed by atoms with Crippen molar-refractivity contribution in [3.05, 3.63) is 60.2 Å². The minimum absolute atomic E-state index is 0.230. The summed E-state index contributed by atoms with van der Waals surface area (Å²) in [6.07, 6.45) is 0.616. The molecule has 0 N–H and O–H groups in total. The van der Waals surface area contributed by atoms with Crippen LogP contribution in [0.25, 0.3) is 0 Å². The van der Waals surface area contributed by atoms with Crippen LogP contribution in [0.4, 0.5) is 0 Å². The van der Waals surface area contributed by atoms with Gasteiger partial charge >= 0.3 is 168 Å². The molecule has 0 saturated carbocycles. The van der Waals surface area contributed by atoms with E-state index in [4.69, 9.17) is 0 Å². The van der Waals surface area contributed by atoms with Gasteiger partial charge in [-0.15, -0.1) is 0 Å². The average molecular weight is 465 g/mol. The number of aromatic nitrogens is 3. The maximum atomic E-state index is 13.4. The first-order valence-corrected chi connectivity index (χ1v) is 15.6. The molecule has 0 fully saturated rings. The molecule has 5 nitrogen and oxygen atoms in total. The van der Waals surface area contributed by atoms with Crippen molar-refractivity contribution in [1.82, 2.24) is 15.0 Å². The summed E-state index contributed by atoms with van der Waals surface area (Å²) in [6, 6.07) is 16.8. The molecule has 2 aromatic carbocycles.